The van der Waals surface area contributed by atoms with E-state index in [9.17, 15) is 0 Å². The van der Waals surface area contributed by atoms with Crippen molar-refractivity contribution in [2.45, 2.75) is 26.7 Å². The molecule has 2 heteroatoms. The molecule has 0 aromatic carbocycles. The standard InChI is InChI=1S/C13H18N2/c1-4-6-10(2)9-11(3)12-7-5-8-13(14)15-12/h5,7-9H,2,4,6H2,1,3H3,(H2,14,15)/b11-9+. The molecule has 1 aromatic heterocycles. The predicted molar refractivity (Wildman–Crippen MR) is 66.3 cm³/mol. The first-order valence-electron chi connectivity index (χ1n) is 5.22. The quantitative estimate of drug-likeness (QED) is 0.760. The van der Waals surface area contributed by atoms with Gasteiger partial charge in [0.1, 0.15) is 5.82 Å². The Labute approximate surface area is 91.5 Å². The zero-order chi connectivity index (χ0) is 11.3. The summed E-state index contributed by atoms with van der Waals surface area (Å²) in [6, 6.07) is 5.66. The molecule has 0 aliphatic heterocycles. The van der Waals surface area contributed by atoms with E-state index in [1.54, 1.807) is 6.07 Å². The summed E-state index contributed by atoms with van der Waals surface area (Å²) in [5, 5.41) is 0. The second-order valence-corrected chi connectivity index (χ2v) is 3.68. The smallest absolute Gasteiger partial charge is 0.124 e. The number of nitrogens with zero attached hydrogens (tertiary/aromatic N) is 1. The third-order valence-corrected chi connectivity index (χ3v) is 2.17. The molecule has 0 fully saturated rings. The minimum atomic E-state index is 0.557. The fourth-order valence-corrected chi connectivity index (χ4v) is 1.44. The summed E-state index contributed by atoms with van der Waals surface area (Å²) in [7, 11) is 0. The summed E-state index contributed by atoms with van der Waals surface area (Å²) in [5.41, 5.74) is 8.80. The van der Waals surface area contributed by atoms with Gasteiger partial charge < -0.3 is 5.73 Å². The molecule has 0 radical (unpaired) electrons. The van der Waals surface area contributed by atoms with Crippen LogP contribution in [0, 0.1) is 0 Å². The minimum Gasteiger partial charge on any atom is -0.384 e. The van der Waals surface area contributed by atoms with E-state index < -0.39 is 0 Å². The van der Waals surface area contributed by atoms with E-state index >= 15 is 0 Å². The average molecular weight is 202 g/mol. The highest BCUT2D eigenvalue weighted by molar-refractivity contribution is 5.64. The number of anilines is 1. The molecular weight excluding hydrogens is 184 g/mol. The zero-order valence-corrected chi connectivity index (χ0v) is 9.46. The molecule has 2 N–H and O–H groups in total. The van der Waals surface area contributed by atoms with Crippen molar-refractivity contribution >= 4 is 11.4 Å². The van der Waals surface area contributed by atoms with Crippen LogP contribution in [0.5, 0.6) is 0 Å². The SMILES string of the molecule is C=C(/C=C(\C)c1cccc(N)n1)CCC. The molecule has 80 valence electrons. The van der Waals surface area contributed by atoms with E-state index in [0.717, 1.165) is 29.7 Å². The van der Waals surface area contributed by atoms with E-state index in [1.807, 2.05) is 19.1 Å². The van der Waals surface area contributed by atoms with Gasteiger partial charge in [-0.3, -0.25) is 0 Å². The van der Waals surface area contributed by atoms with Crippen molar-refractivity contribution in [3.8, 4) is 0 Å². The third kappa shape index (κ3) is 3.58. The van der Waals surface area contributed by atoms with Crippen LogP contribution in [0.2, 0.25) is 0 Å². The van der Waals surface area contributed by atoms with E-state index in [1.165, 1.54) is 0 Å². The fraction of sp³-hybridized carbons (Fsp3) is 0.308. The Morgan fingerprint density at radius 1 is 1.53 bits per heavy atom. The van der Waals surface area contributed by atoms with Crippen LogP contribution in [0.4, 0.5) is 5.82 Å². The lowest BCUT2D eigenvalue weighted by Crippen LogP contribution is -1.93. The van der Waals surface area contributed by atoms with Gasteiger partial charge in [0, 0.05) is 0 Å². The van der Waals surface area contributed by atoms with Gasteiger partial charge in [0.05, 0.1) is 5.69 Å². The lowest BCUT2D eigenvalue weighted by Gasteiger charge is -2.03. The maximum absolute atomic E-state index is 5.63. The van der Waals surface area contributed by atoms with Crippen LogP contribution in [0.25, 0.3) is 5.57 Å². The number of rotatable bonds is 4. The highest BCUT2D eigenvalue weighted by Crippen LogP contribution is 2.16. The van der Waals surface area contributed by atoms with Gasteiger partial charge in [0.15, 0.2) is 0 Å². The number of nitrogen functional groups attached to an aromatic ring is 1. The van der Waals surface area contributed by atoms with Crippen LogP contribution in [-0.4, -0.2) is 4.98 Å². The second kappa shape index (κ2) is 5.35. The summed E-state index contributed by atoms with van der Waals surface area (Å²) < 4.78 is 0. The van der Waals surface area contributed by atoms with E-state index in [-0.39, 0.29) is 0 Å². The molecule has 15 heavy (non-hydrogen) atoms. The van der Waals surface area contributed by atoms with Crippen LogP contribution in [0.15, 0.2) is 36.4 Å². The first-order valence-corrected chi connectivity index (χ1v) is 5.22. The molecule has 0 atom stereocenters. The predicted octanol–water partition coefficient (Wildman–Crippen LogP) is 3.42. The Hall–Kier alpha value is -1.57. The van der Waals surface area contributed by atoms with Gasteiger partial charge in [-0.25, -0.2) is 4.98 Å². The molecule has 1 aromatic rings. The topological polar surface area (TPSA) is 38.9 Å². The van der Waals surface area contributed by atoms with Gasteiger partial charge in [-0.2, -0.15) is 0 Å². The van der Waals surface area contributed by atoms with Gasteiger partial charge in [0.2, 0.25) is 0 Å². The van der Waals surface area contributed by atoms with Crippen molar-refractivity contribution in [3.63, 3.8) is 0 Å². The molecule has 0 bridgehead atoms. The van der Waals surface area contributed by atoms with E-state index in [0.29, 0.717) is 5.82 Å². The Morgan fingerprint density at radius 3 is 2.87 bits per heavy atom. The molecule has 0 spiro atoms. The molecule has 0 saturated heterocycles. The van der Waals surface area contributed by atoms with Crippen molar-refractivity contribution in [3.05, 3.63) is 42.1 Å². The van der Waals surface area contributed by atoms with Gasteiger partial charge in [-0.1, -0.05) is 37.6 Å². The summed E-state index contributed by atoms with van der Waals surface area (Å²) in [5.74, 6) is 0.557. The maximum atomic E-state index is 5.63. The van der Waals surface area contributed by atoms with Crippen LogP contribution in [-0.2, 0) is 0 Å². The van der Waals surface area contributed by atoms with Gasteiger partial charge in [-0.15, -0.1) is 0 Å². The van der Waals surface area contributed by atoms with Crippen molar-refractivity contribution in [1.82, 2.24) is 4.98 Å². The first kappa shape index (κ1) is 11.5. The monoisotopic (exact) mass is 202 g/mol. The molecule has 0 saturated carbocycles. The van der Waals surface area contributed by atoms with Gasteiger partial charge in [-0.05, 0) is 31.1 Å². The summed E-state index contributed by atoms with van der Waals surface area (Å²) in [6.07, 6.45) is 4.22. The van der Waals surface area contributed by atoms with Crippen molar-refractivity contribution in [2.24, 2.45) is 0 Å². The van der Waals surface area contributed by atoms with Crippen LogP contribution < -0.4 is 5.73 Å². The first-order chi connectivity index (χ1) is 7.13. The molecule has 0 aliphatic rings. The van der Waals surface area contributed by atoms with Crippen molar-refractivity contribution in [1.29, 1.82) is 0 Å². The van der Waals surface area contributed by atoms with Gasteiger partial charge in [0.25, 0.3) is 0 Å². The number of hydrogen-bond acceptors (Lipinski definition) is 2. The molecular formula is C13H18N2. The zero-order valence-electron chi connectivity index (χ0n) is 9.46. The highest BCUT2D eigenvalue weighted by Gasteiger charge is 1.98. The number of allylic oxidation sites excluding steroid dienone is 3. The normalized spacial score (nSPS) is 11.5. The fourth-order valence-electron chi connectivity index (χ4n) is 1.44. The highest BCUT2D eigenvalue weighted by atomic mass is 14.8. The Kier molecular flexibility index (Phi) is 4.10. The van der Waals surface area contributed by atoms with E-state index in [2.05, 4.69) is 24.6 Å². The summed E-state index contributed by atoms with van der Waals surface area (Å²) >= 11 is 0. The Bertz CT molecular complexity index is 378. The van der Waals surface area contributed by atoms with Crippen LogP contribution >= 0.6 is 0 Å². The molecule has 0 aliphatic carbocycles. The number of nitrogens with two attached hydrogens (primary N) is 1. The molecule has 1 rings (SSSR count). The maximum Gasteiger partial charge on any atom is 0.124 e. The van der Waals surface area contributed by atoms with Crippen molar-refractivity contribution in [2.75, 3.05) is 5.73 Å². The third-order valence-electron chi connectivity index (χ3n) is 2.17. The van der Waals surface area contributed by atoms with Crippen molar-refractivity contribution < 1.29 is 0 Å². The molecule has 0 unspecified atom stereocenters. The number of pyridine rings is 1. The van der Waals surface area contributed by atoms with Gasteiger partial charge >= 0.3 is 0 Å². The lowest BCUT2D eigenvalue weighted by molar-refractivity contribution is 0.930. The van der Waals surface area contributed by atoms with E-state index in [4.69, 9.17) is 5.73 Å². The Balaban J connectivity index is 2.84. The Morgan fingerprint density at radius 2 is 2.27 bits per heavy atom. The summed E-state index contributed by atoms with van der Waals surface area (Å²) in [6.45, 7) is 8.17. The van der Waals surface area contributed by atoms with Crippen LogP contribution in [0.1, 0.15) is 32.4 Å². The average Bonchev–Trinajstić information content (AvgIpc) is 2.18. The molecule has 1 heterocycles. The number of hydrogen-bond donors (Lipinski definition) is 1. The second-order valence-electron chi connectivity index (χ2n) is 3.68. The summed E-state index contributed by atoms with van der Waals surface area (Å²) in [4.78, 5) is 4.25. The lowest BCUT2D eigenvalue weighted by atomic mass is 10.1. The number of aromatic nitrogens is 1. The van der Waals surface area contributed by atoms with Crippen LogP contribution in [0.3, 0.4) is 0 Å². The molecule has 0 amide bonds. The molecule has 2 nitrogen and oxygen atoms in total. The minimum absolute atomic E-state index is 0.557. The largest absolute Gasteiger partial charge is 0.384 e.